The lowest BCUT2D eigenvalue weighted by atomic mass is 10.2. The molecule has 3 nitrogen and oxygen atoms in total. The van der Waals surface area contributed by atoms with E-state index in [1.807, 2.05) is 6.92 Å². The van der Waals surface area contributed by atoms with Crippen LogP contribution in [0.25, 0.3) is 0 Å². The van der Waals surface area contributed by atoms with Crippen molar-refractivity contribution >= 4 is 38.9 Å². The SMILES string of the molecule is Cc1ccc(S(=O)(=O)Nc2cc(Cl)ccc2Cl)cc1. The van der Waals surface area contributed by atoms with Crippen molar-refractivity contribution in [3.8, 4) is 0 Å². The molecule has 0 radical (unpaired) electrons. The molecule has 100 valence electrons. The van der Waals surface area contributed by atoms with E-state index < -0.39 is 10.0 Å². The predicted molar refractivity (Wildman–Crippen MR) is 78.4 cm³/mol. The van der Waals surface area contributed by atoms with Crippen molar-refractivity contribution in [2.24, 2.45) is 0 Å². The zero-order chi connectivity index (χ0) is 14.0. The third kappa shape index (κ3) is 3.41. The van der Waals surface area contributed by atoms with Crippen LogP contribution in [0.3, 0.4) is 0 Å². The van der Waals surface area contributed by atoms with E-state index >= 15 is 0 Å². The predicted octanol–water partition coefficient (Wildman–Crippen LogP) is 4.10. The van der Waals surface area contributed by atoms with E-state index in [2.05, 4.69) is 4.72 Å². The van der Waals surface area contributed by atoms with Crippen LogP contribution < -0.4 is 4.72 Å². The highest BCUT2D eigenvalue weighted by Crippen LogP contribution is 2.27. The molecule has 2 aromatic carbocycles. The van der Waals surface area contributed by atoms with E-state index in [1.165, 1.54) is 24.3 Å². The number of hydrogen-bond donors (Lipinski definition) is 1. The fourth-order valence-corrected chi connectivity index (χ4v) is 2.96. The van der Waals surface area contributed by atoms with Gasteiger partial charge in [-0.3, -0.25) is 4.72 Å². The highest BCUT2D eigenvalue weighted by atomic mass is 35.5. The monoisotopic (exact) mass is 315 g/mol. The second-order valence-corrected chi connectivity index (χ2v) is 6.57. The summed E-state index contributed by atoms with van der Waals surface area (Å²) in [6.45, 7) is 1.89. The molecule has 0 amide bonds. The molecule has 0 aliphatic rings. The highest BCUT2D eigenvalue weighted by Gasteiger charge is 2.15. The van der Waals surface area contributed by atoms with E-state index in [0.717, 1.165) is 5.56 Å². The lowest BCUT2D eigenvalue weighted by molar-refractivity contribution is 0.601. The van der Waals surface area contributed by atoms with Crippen LogP contribution in [0.4, 0.5) is 5.69 Å². The summed E-state index contributed by atoms with van der Waals surface area (Å²) in [6, 6.07) is 11.1. The Morgan fingerprint density at radius 3 is 2.26 bits per heavy atom. The number of rotatable bonds is 3. The normalized spacial score (nSPS) is 11.3. The second kappa shape index (κ2) is 5.41. The molecule has 0 fully saturated rings. The minimum Gasteiger partial charge on any atom is -0.278 e. The molecule has 0 bridgehead atoms. The van der Waals surface area contributed by atoms with Crippen LogP contribution in [0, 0.1) is 6.92 Å². The molecule has 0 aliphatic carbocycles. The molecule has 6 heteroatoms. The van der Waals surface area contributed by atoms with Gasteiger partial charge in [0.15, 0.2) is 0 Å². The van der Waals surface area contributed by atoms with Gasteiger partial charge in [0.05, 0.1) is 15.6 Å². The van der Waals surface area contributed by atoms with Crippen molar-refractivity contribution < 1.29 is 8.42 Å². The number of benzene rings is 2. The Hall–Kier alpha value is -1.23. The maximum absolute atomic E-state index is 12.2. The van der Waals surface area contributed by atoms with Gasteiger partial charge in [-0.15, -0.1) is 0 Å². The van der Waals surface area contributed by atoms with Crippen molar-refractivity contribution in [2.75, 3.05) is 4.72 Å². The van der Waals surface area contributed by atoms with Gasteiger partial charge in [0.25, 0.3) is 10.0 Å². The molecule has 0 atom stereocenters. The van der Waals surface area contributed by atoms with Gasteiger partial charge in [0, 0.05) is 5.02 Å². The Bertz CT molecular complexity index is 697. The van der Waals surface area contributed by atoms with E-state index in [4.69, 9.17) is 23.2 Å². The molecule has 19 heavy (non-hydrogen) atoms. The largest absolute Gasteiger partial charge is 0.278 e. The fourth-order valence-electron chi connectivity index (χ4n) is 1.50. The van der Waals surface area contributed by atoms with Crippen LogP contribution >= 0.6 is 23.2 Å². The first-order valence-electron chi connectivity index (χ1n) is 5.43. The minimum atomic E-state index is -3.66. The summed E-state index contributed by atoms with van der Waals surface area (Å²) in [7, 11) is -3.66. The molecular weight excluding hydrogens is 305 g/mol. The van der Waals surface area contributed by atoms with E-state index in [1.54, 1.807) is 18.2 Å². The van der Waals surface area contributed by atoms with Crippen LogP contribution in [0.1, 0.15) is 5.56 Å². The van der Waals surface area contributed by atoms with Crippen LogP contribution in [-0.4, -0.2) is 8.42 Å². The first kappa shape index (κ1) is 14.2. The van der Waals surface area contributed by atoms with Gasteiger partial charge in [-0.2, -0.15) is 0 Å². The van der Waals surface area contributed by atoms with Gasteiger partial charge >= 0.3 is 0 Å². The molecule has 0 heterocycles. The van der Waals surface area contributed by atoms with Gasteiger partial charge in [-0.1, -0.05) is 40.9 Å². The maximum Gasteiger partial charge on any atom is 0.261 e. The molecule has 0 aromatic heterocycles. The summed E-state index contributed by atoms with van der Waals surface area (Å²) >= 11 is 11.7. The minimum absolute atomic E-state index is 0.175. The summed E-state index contributed by atoms with van der Waals surface area (Å²) in [6.07, 6.45) is 0. The number of nitrogens with one attached hydrogen (secondary N) is 1. The molecule has 2 aromatic rings. The molecule has 0 unspecified atom stereocenters. The lowest BCUT2D eigenvalue weighted by Gasteiger charge is -2.10. The molecular formula is C13H11Cl2NO2S. The van der Waals surface area contributed by atoms with Crippen molar-refractivity contribution in [1.29, 1.82) is 0 Å². The lowest BCUT2D eigenvalue weighted by Crippen LogP contribution is -2.13. The molecule has 1 N–H and O–H groups in total. The van der Waals surface area contributed by atoms with E-state index in [-0.39, 0.29) is 10.6 Å². The molecule has 0 saturated carbocycles. The summed E-state index contributed by atoms with van der Waals surface area (Å²) < 4.78 is 26.7. The van der Waals surface area contributed by atoms with Crippen molar-refractivity contribution in [1.82, 2.24) is 0 Å². The van der Waals surface area contributed by atoms with Gasteiger partial charge in [-0.25, -0.2) is 8.42 Å². The standard InChI is InChI=1S/C13H11Cl2NO2S/c1-9-2-5-11(6-3-9)19(17,18)16-13-8-10(14)4-7-12(13)15/h2-8,16H,1H3. The van der Waals surface area contributed by atoms with Crippen LogP contribution in [-0.2, 0) is 10.0 Å². The van der Waals surface area contributed by atoms with Crippen molar-refractivity contribution in [2.45, 2.75) is 11.8 Å². The van der Waals surface area contributed by atoms with E-state index in [0.29, 0.717) is 10.0 Å². The van der Waals surface area contributed by atoms with Crippen LogP contribution in [0.15, 0.2) is 47.4 Å². The summed E-state index contributed by atoms with van der Waals surface area (Å²) in [5.74, 6) is 0. The average molecular weight is 316 g/mol. The van der Waals surface area contributed by atoms with Gasteiger partial charge in [0.2, 0.25) is 0 Å². The second-order valence-electron chi connectivity index (χ2n) is 4.04. The first-order chi connectivity index (χ1) is 8.88. The number of anilines is 1. The van der Waals surface area contributed by atoms with Crippen LogP contribution in [0.5, 0.6) is 0 Å². The number of halogens is 2. The Balaban J connectivity index is 2.36. The zero-order valence-corrected chi connectivity index (χ0v) is 12.4. The third-order valence-corrected chi connectivity index (χ3v) is 4.45. The van der Waals surface area contributed by atoms with Crippen molar-refractivity contribution in [3.05, 3.63) is 58.1 Å². The molecule has 2 rings (SSSR count). The average Bonchev–Trinajstić information content (AvgIpc) is 2.34. The third-order valence-electron chi connectivity index (χ3n) is 2.50. The number of sulfonamides is 1. The Morgan fingerprint density at radius 2 is 1.63 bits per heavy atom. The van der Waals surface area contributed by atoms with E-state index in [9.17, 15) is 8.42 Å². The van der Waals surface area contributed by atoms with Gasteiger partial charge in [-0.05, 0) is 37.3 Å². The quantitative estimate of drug-likeness (QED) is 0.926. The Labute approximate surface area is 122 Å². The fraction of sp³-hybridized carbons (Fsp3) is 0.0769. The zero-order valence-electron chi connectivity index (χ0n) is 10.0. The summed E-state index contributed by atoms with van der Waals surface area (Å²) in [5, 5.41) is 0.700. The topological polar surface area (TPSA) is 46.2 Å². The summed E-state index contributed by atoms with van der Waals surface area (Å²) in [4.78, 5) is 0.175. The first-order valence-corrected chi connectivity index (χ1v) is 7.67. The number of aryl methyl sites for hydroxylation is 1. The van der Waals surface area contributed by atoms with Gasteiger partial charge in [0.1, 0.15) is 0 Å². The highest BCUT2D eigenvalue weighted by molar-refractivity contribution is 7.92. The molecule has 0 saturated heterocycles. The number of hydrogen-bond acceptors (Lipinski definition) is 2. The smallest absolute Gasteiger partial charge is 0.261 e. The van der Waals surface area contributed by atoms with Gasteiger partial charge < -0.3 is 0 Å². The molecule has 0 spiro atoms. The van der Waals surface area contributed by atoms with Crippen LogP contribution in [0.2, 0.25) is 10.0 Å². The Morgan fingerprint density at radius 1 is 1.00 bits per heavy atom. The maximum atomic E-state index is 12.2. The Kier molecular flexibility index (Phi) is 4.04. The van der Waals surface area contributed by atoms with Crippen molar-refractivity contribution in [3.63, 3.8) is 0 Å². The molecule has 0 aliphatic heterocycles. The summed E-state index contributed by atoms with van der Waals surface area (Å²) in [5.41, 5.74) is 1.24.